The highest BCUT2D eigenvalue weighted by atomic mass is 14.8. The normalized spacial score (nSPS) is 10.5. The van der Waals surface area contributed by atoms with Gasteiger partial charge in [-0.05, 0) is 18.6 Å². The summed E-state index contributed by atoms with van der Waals surface area (Å²) in [5, 5.41) is 1.94. The smallest absolute Gasteiger partial charge is 0.131 e. The molecule has 2 rings (SSSR count). The Morgan fingerprint density at radius 1 is 1.23 bits per heavy atom. The van der Waals surface area contributed by atoms with Crippen molar-refractivity contribution in [1.82, 2.24) is 4.98 Å². The molecule has 0 amide bonds. The van der Waals surface area contributed by atoms with E-state index in [4.69, 9.17) is 11.5 Å². The van der Waals surface area contributed by atoms with Gasteiger partial charge in [0.1, 0.15) is 5.82 Å². The first-order valence-electron chi connectivity index (χ1n) is 4.09. The number of benzene rings is 1. The van der Waals surface area contributed by atoms with Crippen molar-refractivity contribution in [1.29, 1.82) is 0 Å². The van der Waals surface area contributed by atoms with Gasteiger partial charge in [0.25, 0.3) is 0 Å². The summed E-state index contributed by atoms with van der Waals surface area (Å²) in [6.45, 7) is 1.98. The van der Waals surface area contributed by atoms with E-state index in [9.17, 15) is 0 Å². The highest BCUT2D eigenvalue weighted by Crippen LogP contribution is 2.26. The van der Waals surface area contributed by atoms with Gasteiger partial charge >= 0.3 is 0 Å². The summed E-state index contributed by atoms with van der Waals surface area (Å²) in [5.74, 6) is 0.535. The van der Waals surface area contributed by atoms with Crippen LogP contribution in [-0.2, 0) is 0 Å². The summed E-state index contributed by atoms with van der Waals surface area (Å²) in [5.41, 5.74) is 13.4. The molecule has 1 aromatic carbocycles. The SMILES string of the molecule is Cc1cnc(N)c2cccc(N)c12. The van der Waals surface area contributed by atoms with Crippen LogP contribution in [0.5, 0.6) is 0 Å². The number of aromatic nitrogens is 1. The molecule has 4 N–H and O–H groups in total. The van der Waals surface area contributed by atoms with Crippen molar-refractivity contribution < 1.29 is 0 Å². The van der Waals surface area contributed by atoms with Crippen molar-refractivity contribution in [2.75, 3.05) is 11.5 Å². The van der Waals surface area contributed by atoms with E-state index in [2.05, 4.69) is 4.98 Å². The molecule has 66 valence electrons. The highest BCUT2D eigenvalue weighted by molar-refractivity contribution is 6.00. The largest absolute Gasteiger partial charge is 0.398 e. The third-order valence-corrected chi connectivity index (χ3v) is 2.16. The Bertz CT molecular complexity index is 455. The minimum absolute atomic E-state index is 0.535. The lowest BCUT2D eigenvalue weighted by atomic mass is 10.1. The number of nitrogen functional groups attached to an aromatic ring is 2. The number of anilines is 2. The molecule has 0 saturated carbocycles. The number of hydrogen-bond donors (Lipinski definition) is 2. The molecule has 0 fully saturated rings. The summed E-state index contributed by atoms with van der Waals surface area (Å²) in [6, 6.07) is 5.69. The average Bonchev–Trinajstić information content (AvgIpc) is 2.12. The van der Waals surface area contributed by atoms with Crippen LogP contribution < -0.4 is 11.5 Å². The molecule has 0 saturated heterocycles. The van der Waals surface area contributed by atoms with Gasteiger partial charge in [-0.25, -0.2) is 4.98 Å². The maximum Gasteiger partial charge on any atom is 0.131 e. The van der Waals surface area contributed by atoms with Crippen LogP contribution in [0.2, 0.25) is 0 Å². The Morgan fingerprint density at radius 2 is 2.00 bits per heavy atom. The molecule has 0 aliphatic carbocycles. The van der Waals surface area contributed by atoms with Crippen molar-refractivity contribution in [2.45, 2.75) is 6.92 Å². The molecule has 0 aliphatic rings. The molecule has 0 radical (unpaired) electrons. The van der Waals surface area contributed by atoms with E-state index in [1.165, 1.54) is 0 Å². The molecule has 0 aliphatic heterocycles. The fourth-order valence-corrected chi connectivity index (χ4v) is 1.52. The lowest BCUT2D eigenvalue weighted by molar-refractivity contribution is 1.31. The quantitative estimate of drug-likeness (QED) is 0.596. The molecule has 3 heteroatoms. The molecule has 0 spiro atoms. The zero-order chi connectivity index (χ0) is 9.42. The predicted molar refractivity (Wildman–Crippen MR) is 55.3 cm³/mol. The fraction of sp³-hybridized carbons (Fsp3) is 0.100. The number of rotatable bonds is 0. The molecule has 0 bridgehead atoms. The number of pyridine rings is 1. The molecular weight excluding hydrogens is 162 g/mol. The third kappa shape index (κ3) is 1.09. The van der Waals surface area contributed by atoms with Crippen molar-refractivity contribution in [2.24, 2.45) is 0 Å². The Kier molecular flexibility index (Phi) is 1.59. The lowest BCUT2D eigenvalue weighted by Crippen LogP contribution is -1.95. The van der Waals surface area contributed by atoms with E-state index >= 15 is 0 Å². The van der Waals surface area contributed by atoms with E-state index in [1.54, 1.807) is 6.20 Å². The van der Waals surface area contributed by atoms with Crippen molar-refractivity contribution >= 4 is 22.3 Å². The standard InChI is InChI=1S/C10H11N3/c1-6-5-13-10(12)7-3-2-4-8(11)9(6)7/h2-5H,11H2,1H3,(H2,12,13). The van der Waals surface area contributed by atoms with Gasteiger partial charge in [-0.1, -0.05) is 12.1 Å². The number of aryl methyl sites for hydroxylation is 1. The fourth-order valence-electron chi connectivity index (χ4n) is 1.52. The van der Waals surface area contributed by atoms with Crippen LogP contribution in [0.3, 0.4) is 0 Å². The average molecular weight is 173 g/mol. The maximum absolute atomic E-state index is 5.84. The highest BCUT2D eigenvalue weighted by Gasteiger charge is 2.03. The number of fused-ring (bicyclic) bond motifs is 1. The maximum atomic E-state index is 5.84. The van der Waals surface area contributed by atoms with Gasteiger partial charge in [-0.15, -0.1) is 0 Å². The minimum atomic E-state index is 0.535. The first-order chi connectivity index (χ1) is 6.20. The Labute approximate surface area is 76.4 Å². The van der Waals surface area contributed by atoms with Gasteiger partial charge < -0.3 is 11.5 Å². The summed E-state index contributed by atoms with van der Waals surface area (Å²) >= 11 is 0. The number of nitrogens with zero attached hydrogens (tertiary/aromatic N) is 1. The zero-order valence-corrected chi connectivity index (χ0v) is 7.41. The second kappa shape index (κ2) is 2.62. The van der Waals surface area contributed by atoms with Crippen molar-refractivity contribution in [3.63, 3.8) is 0 Å². The van der Waals surface area contributed by atoms with Crippen LogP contribution in [0.25, 0.3) is 10.8 Å². The minimum Gasteiger partial charge on any atom is -0.398 e. The molecule has 0 atom stereocenters. The summed E-state index contributed by atoms with van der Waals surface area (Å²) in [6.07, 6.45) is 1.74. The summed E-state index contributed by atoms with van der Waals surface area (Å²) < 4.78 is 0. The topological polar surface area (TPSA) is 64.9 Å². The molecule has 3 nitrogen and oxygen atoms in total. The Hall–Kier alpha value is -1.77. The molecule has 0 unspecified atom stereocenters. The summed E-state index contributed by atoms with van der Waals surface area (Å²) in [4.78, 5) is 4.07. The van der Waals surface area contributed by atoms with Gasteiger partial charge in [0.15, 0.2) is 0 Å². The molecule has 2 aromatic rings. The van der Waals surface area contributed by atoms with Gasteiger partial charge in [0.2, 0.25) is 0 Å². The van der Waals surface area contributed by atoms with Crippen LogP contribution in [-0.4, -0.2) is 4.98 Å². The Morgan fingerprint density at radius 3 is 2.69 bits per heavy atom. The first kappa shape index (κ1) is 7.86. The second-order valence-corrected chi connectivity index (χ2v) is 3.10. The molecular formula is C10H11N3. The van der Waals surface area contributed by atoms with E-state index < -0.39 is 0 Å². The van der Waals surface area contributed by atoms with Gasteiger partial charge in [-0.2, -0.15) is 0 Å². The van der Waals surface area contributed by atoms with Crippen LogP contribution in [0.15, 0.2) is 24.4 Å². The van der Waals surface area contributed by atoms with Crippen LogP contribution >= 0.6 is 0 Å². The molecule has 1 heterocycles. The van der Waals surface area contributed by atoms with Gasteiger partial charge in [-0.3, -0.25) is 0 Å². The molecule has 13 heavy (non-hydrogen) atoms. The van der Waals surface area contributed by atoms with E-state index in [-0.39, 0.29) is 0 Å². The summed E-state index contributed by atoms with van der Waals surface area (Å²) in [7, 11) is 0. The van der Waals surface area contributed by atoms with Crippen LogP contribution in [0, 0.1) is 6.92 Å². The number of nitrogens with two attached hydrogens (primary N) is 2. The monoisotopic (exact) mass is 173 g/mol. The van der Waals surface area contributed by atoms with Gasteiger partial charge in [0.05, 0.1) is 0 Å². The predicted octanol–water partition coefficient (Wildman–Crippen LogP) is 1.71. The van der Waals surface area contributed by atoms with Crippen molar-refractivity contribution in [3.8, 4) is 0 Å². The lowest BCUT2D eigenvalue weighted by Gasteiger charge is -2.06. The number of hydrogen-bond acceptors (Lipinski definition) is 3. The molecule has 1 aromatic heterocycles. The van der Waals surface area contributed by atoms with E-state index in [0.717, 1.165) is 22.0 Å². The van der Waals surface area contributed by atoms with Crippen LogP contribution in [0.4, 0.5) is 11.5 Å². The van der Waals surface area contributed by atoms with Crippen molar-refractivity contribution in [3.05, 3.63) is 30.0 Å². The second-order valence-electron chi connectivity index (χ2n) is 3.10. The third-order valence-electron chi connectivity index (χ3n) is 2.16. The van der Waals surface area contributed by atoms with E-state index in [0.29, 0.717) is 5.82 Å². The van der Waals surface area contributed by atoms with E-state index in [1.807, 2.05) is 25.1 Å². The zero-order valence-electron chi connectivity index (χ0n) is 7.41. The first-order valence-corrected chi connectivity index (χ1v) is 4.09. The van der Waals surface area contributed by atoms with Gasteiger partial charge in [0, 0.05) is 22.7 Å². The Balaban J connectivity index is 3.00. The van der Waals surface area contributed by atoms with Crippen LogP contribution in [0.1, 0.15) is 5.56 Å².